The number of carboxylic acids is 1. The Morgan fingerprint density at radius 1 is 1.03 bits per heavy atom. The van der Waals surface area contributed by atoms with E-state index in [1.807, 2.05) is 36.4 Å². The third-order valence-electron chi connectivity index (χ3n) is 5.28. The van der Waals surface area contributed by atoms with Crippen LogP contribution in [0.15, 0.2) is 71.6 Å². The van der Waals surface area contributed by atoms with Crippen LogP contribution < -0.4 is 5.73 Å². The van der Waals surface area contributed by atoms with Gasteiger partial charge < -0.3 is 15.7 Å². The maximum absolute atomic E-state index is 13.1. The molecule has 0 atom stereocenters. The van der Waals surface area contributed by atoms with Crippen LogP contribution in [-0.2, 0) is 26.2 Å². The van der Waals surface area contributed by atoms with Gasteiger partial charge in [0.15, 0.2) is 0 Å². The molecule has 9 nitrogen and oxygen atoms in total. The van der Waals surface area contributed by atoms with Crippen molar-refractivity contribution in [2.75, 3.05) is 19.6 Å². The van der Waals surface area contributed by atoms with E-state index in [2.05, 4.69) is 0 Å². The summed E-state index contributed by atoms with van der Waals surface area (Å²) in [6.07, 6.45) is 0. The predicted octanol–water partition coefficient (Wildman–Crippen LogP) is 2.25. The van der Waals surface area contributed by atoms with Gasteiger partial charge in [0.05, 0.1) is 11.4 Å². The van der Waals surface area contributed by atoms with Crippen LogP contribution in [0.3, 0.4) is 0 Å². The molecular formula is C24H26N4O5S. The molecule has 4 rings (SSSR count). The number of carboxylic acid groups (broad SMARTS) is 1. The molecule has 0 aliphatic carbocycles. The Bertz CT molecular complexity index is 1320. The Kier molecular flexibility index (Phi) is 7.64. The Morgan fingerprint density at radius 3 is 2.24 bits per heavy atom. The van der Waals surface area contributed by atoms with Crippen molar-refractivity contribution in [2.45, 2.75) is 18.4 Å². The van der Waals surface area contributed by atoms with E-state index >= 15 is 0 Å². The first kappa shape index (κ1) is 24.9. The molecule has 1 amide bonds. The second-order valence-corrected chi connectivity index (χ2v) is 9.73. The fourth-order valence-corrected chi connectivity index (χ4v) is 4.96. The number of fused-ring (bicyclic) bond motifs is 1. The molecule has 0 aromatic heterocycles. The highest BCUT2D eigenvalue weighted by molar-refractivity contribution is 7.89. The SMILES string of the molecule is CC(=O)O.N=C(N)c1ccc(CN2CCN(S(=O)(=O)c3ccc4ccccc4c3)CC2=O)cc1. The molecule has 1 saturated heterocycles. The van der Waals surface area contributed by atoms with E-state index in [1.165, 1.54) is 4.31 Å². The number of amidine groups is 1. The van der Waals surface area contributed by atoms with Gasteiger partial charge in [0.25, 0.3) is 5.97 Å². The largest absolute Gasteiger partial charge is 0.481 e. The zero-order valence-corrected chi connectivity index (χ0v) is 19.5. The third-order valence-corrected chi connectivity index (χ3v) is 7.12. The number of nitrogen functional groups attached to an aromatic ring is 1. The van der Waals surface area contributed by atoms with Gasteiger partial charge in [-0.2, -0.15) is 4.31 Å². The van der Waals surface area contributed by atoms with Crippen LogP contribution in [0.2, 0.25) is 0 Å². The van der Waals surface area contributed by atoms with Gasteiger partial charge in [0.1, 0.15) is 5.84 Å². The Hall–Kier alpha value is -3.76. The smallest absolute Gasteiger partial charge is 0.300 e. The maximum Gasteiger partial charge on any atom is 0.300 e. The average Bonchev–Trinajstić information content (AvgIpc) is 2.80. The number of sulfonamides is 1. The molecule has 178 valence electrons. The van der Waals surface area contributed by atoms with Crippen molar-refractivity contribution in [3.8, 4) is 0 Å². The third kappa shape index (κ3) is 5.97. The molecule has 34 heavy (non-hydrogen) atoms. The number of piperazine rings is 1. The topological polar surface area (TPSA) is 145 Å². The van der Waals surface area contributed by atoms with Crippen molar-refractivity contribution in [2.24, 2.45) is 5.73 Å². The first-order valence-electron chi connectivity index (χ1n) is 10.5. The van der Waals surface area contributed by atoms with Crippen molar-refractivity contribution in [3.05, 3.63) is 77.9 Å². The minimum atomic E-state index is -3.75. The van der Waals surface area contributed by atoms with Gasteiger partial charge in [-0.3, -0.25) is 15.0 Å². The van der Waals surface area contributed by atoms with Crippen LogP contribution in [-0.4, -0.2) is 60.1 Å². The Morgan fingerprint density at radius 2 is 1.65 bits per heavy atom. The molecule has 3 aromatic rings. The predicted molar refractivity (Wildman–Crippen MR) is 129 cm³/mol. The summed E-state index contributed by atoms with van der Waals surface area (Å²) in [5.74, 6) is -1.08. The molecule has 0 saturated carbocycles. The number of rotatable bonds is 5. The number of carbonyl (C=O) groups is 2. The lowest BCUT2D eigenvalue weighted by molar-refractivity contribution is -0.135. The molecule has 4 N–H and O–H groups in total. The molecule has 0 unspecified atom stereocenters. The quantitative estimate of drug-likeness (QED) is 0.376. The van der Waals surface area contributed by atoms with Gasteiger partial charge in [-0.05, 0) is 28.5 Å². The number of benzene rings is 3. The summed E-state index contributed by atoms with van der Waals surface area (Å²) in [5.41, 5.74) is 6.98. The lowest BCUT2D eigenvalue weighted by atomic mass is 10.1. The normalized spacial score (nSPS) is 14.4. The first-order chi connectivity index (χ1) is 16.1. The average molecular weight is 483 g/mol. The monoisotopic (exact) mass is 482 g/mol. The van der Waals surface area contributed by atoms with Crippen LogP contribution >= 0.6 is 0 Å². The minimum Gasteiger partial charge on any atom is -0.481 e. The molecule has 1 fully saturated rings. The number of aliphatic carboxylic acids is 1. The number of nitrogens with two attached hydrogens (primary N) is 1. The second-order valence-electron chi connectivity index (χ2n) is 7.79. The lowest BCUT2D eigenvalue weighted by Crippen LogP contribution is -2.51. The van der Waals surface area contributed by atoms with E-state index in [0.29, 0.717) is 18.7 Å². The van der Waals surface area contributed by atoms with Gasteiger partial charge in [-0.25, -0.2) is 8.42 Å². The fraction of sp³-hybridized carbons (Fsp3) is 0.208. The van der Waals surface area contributed by atoms with E-state index in [9.17, 15) is 13.2 Å². The van der Waals surface area contributed by atoms with Gasteiger partial charge in [-0.15, -0.1) is 0 Å². The highest BCUT2D eigenvalue weighted by atomic mass is 32.2. The first-order valence-corrected chi connectivity index (χ1v) is 11.9. The minimum absolute atomic E-state index is 0.00913. The van der Waals surface area contributed by atoms with E-state index in [1.54, 1.807) is 35.2 Å². The van der Waals surface area contributed by atoms with Gasteiger partial charge >= 0.3 is 0 Å². The van der Waals surface area contributed by atoms with Crippen molar-refractivity contribution < 1.29 is 23.1 Å². The molecular weight excluding hydrogens is 456 g/mol. The number of hydrogen-bond donors (Lipinski definition) is 3. The molecule has 1 aliphatic heterocycles. The molecule has 0 bridgehead atoms. The second kappa shape index (κ2) is 10.4. The highest BCUT2D eigenvalue weighted by Gasteiger charge is 2.32. The number of nitrogens with zero attached hydrogens (tertiary/aromatic N) is 2. The molecule has 1 heterocycles. The van der Waals surface area contributed by atoms with Crippen LogP contribution in [0.5, 0.6) is 0 Å². The number of hydrogen-bond acceptors (Lipinski definition) is 5. The number of carbonyl (C=O) groups excluding carboxylic acids is 1. The van der Waals surface area contributed by atoms with E-state index in [4.69, 9.17) is 21.0 Å². The lowest BCUT2D eigenvalue weighted by Gasteiger charge is -2.33. The summed E-state index contributed by atoms with van der Waals surface area (Å²) in [5, 5.41) is 16.7. The molecule has 10 heteroatoms. The summed E-state index contributed by atoms with van der Waals surface area (Å²) in [7, 11) is -3.75. The molecule has 0 spiro atoms. The van der Waals surface area contributed by atoms with Crippen molar-refractivity contribution in [3.63, 3.8) is 0 Å². The zero-order valence-electron chi connectivity index (χ0n) is 18.6. The molecule has 3 aromatic carbocycles. The molecule has 1 aliphatic rings. The van der Waals surface area contributed by atoms with E-state index in [-0.39, 0.29) is 29.7 Å². The van der Waals surface area contributed by atoms with Crippen molar-refractivity contribution >= 4 is 38.5 Å². The summed E-state index contributed by atoms with van der Waals surface area (Å²) >= 11 is 0. The number of amides is 1. The van der Waals surface area contributed by atoms with Crippen LogP contribution in [0, 0.1) is 5.41 Å². The Labute approximate surface area is 198 Å². The van der Waals surface area contributed by atoms with Crippen molar-refractivity contribution in [1.82, 2.24) is 9.21 Å². The van der Waals surface area contributed by atoms with Crippen LogP contribution in [0.25, 0.3) is 10.8 Å². The highest BCUT2D eigenvalue weighted by Crippen LogP contribution is 2.23. The summed E-state index contributed by atoms with van der Waals surface area (Å²) in [6.45, 7) is 1.86. The van der Waals surface area contributed by atoms with Gasteiger partial charge in [0.2, 0.25) is 15.9 Å². The Balaban J connectivity index is 0.000000751. The maximum atomic E-state index is 13.1. The standard InChI is InChI=1S/C22H22N4O3S.C2H4O2/c23-22(24)18-7-5-16(6-8-18)14-25-11-12-26(15-21(25)27)30(28,29)20-10-9-17-3-1-2-4-19(17)13-20;1-2(3)4/h1-10,13H,11-12,14-15H2,(H3,23,24);1H3,(H,3,4). The van der Waals surface area contributed by atoms with E-state index in [0.717, 1.165) is 23.3 Å². The fourth-order valence-electron chi connectivity index (χ4n) is 3.55. The van der Waals surface area contributed by atoms with Crippen molar-refractivity contribution in [1.29, 1.82) is 5.41 Å². The van der Waals surface area contributed by atoms with Crippen LogP contribution in [0.4, 0.5) is 0 Å². The summed E-state index contributed by atoms with van der Waals surface area (Å²) in [6, 6.07) is 19.7. The van der Waals surface area contributed by atoms with Gasteiger partial charge in [0, 0.05) is 32.1 Å². The molecule has 0 radical (unpaired) electrons. The number of nitrogens with one attached hydrogen (secondary N) is 1. The van der Waals surface area contributed by atoms with Gasteiger partial charge in [-0.1, -0.05) is 54.6 Å². The van der Waals surface area contributed by atoms with Crippen LogP contribution in [0.1, 0.15) is 18.1 Å². The zero-order chi connectivity index (χ0) is 24.9. The summed E-state index contributed by atoms with van der Waals surface area (Å²) in [4.78, 5) is 23.5. The summed E-state index contributed by atoms with van der Waals surface area (Å²) < 4.78 is 27.4. The van der Waals surface area contributed by atoms with E-state index < -0.39 is 16.0 Å².